The normalized spacial score (nSPS) is 22.1. The van der Waals surface area contributed by atoms with Crippen LogP contribution in [-0.4, -0.2) is 35.3 Å². The average Bonchev–Trinajstić information content (AvgIpc) is 2.88. The van der Waals surface area contributed by atoms with Crippen LogP contribution in [0.3, 0.4) is 0 Å². The molecule has 19 heavy (non-hydrogen) atoms. The lowest BCUT2D eigenvalue weighted by Crippen LogP contribution is -2.49. The lowest BCUT2D eigenvalue weighted by molar-refractivity contribution is -0.144. The van der Waals surface area contributed by atoms with Crippen molar-refractivity contribution < 1.29 is 19.0 Å². The van der Waals surface area contributed by atoms with Gasteiger partial charge in [-0.05, 0) is 25.8 Å². The molecule has 2 rings (SSSR count). The number of carbonyl (C=O) groups is 1. The Kier molecular flexibility index (Phi) is 4.11. The molecular formula is C13H17FN2O3. The molecule has 0 bridgehead atoms. The highest BCUT2D eigenvalue weighted by molar-refractivity contribution is 5.80. The maximum atomic E-state index is 13.2. The Morgan fingerprint density at radius 1 is 1.68 bits per heavy atom. The van der Waals surface area contributed by atoms with Gasteiger partial charge in [0.2, 0.25) is 0 Å². The van der Waals surface area contributed by atoms with Gasteiger partial charge in [0.05, 0.1) is 12.3 Å². The first kappa shape index (κ1) is 13.9. The second kappa shape index (κ2) is 5.63. The number of rotatable bonds is 5. The molecule has 1 aromatic rings. The zero-order chi connectivity index (χ0) is 13.9. The minimum Gasteiger partial charge on any atom is -0.480 e. The van der Waals surface area contributed by atoms with Gasteiger partial charge in [-0.2, -0.15) is 0 Å². The smallest absolute Gasteiger partial charge is 0.328 e. The minimum absolute atomic E-state index is 0.0141. The van der Waals surface area contributed by atoms with Crippen LogP contribution in [0.2, 0.25) is 0 Å². The first-order valence-corrected chi connectivity index (χ1v) is 6.23. The summed E-state index contributed by atoms with van der Waals surface area (Å²) in [6.07, 6.45) is 4.31. The fourth-order valence-electron chi connectivity index (χ4n) is 2.11. The molecule has 2 heterocycles. The van der Waals surface area contributed by atoms with E-state index in [1.807, 2.05) is 0 Å². The van der Waals surface area contributed by atoms with Crippen molar-refractivity contribution in [2.45, 2.75) is 31.4 Å². The lowest BCUT2D eigenvalue weighted by atomic mass is 9.93. The molecule has 0 amide bonds. The molecule has 5 nitrogen and oxygen atoms in total. The van der Waals surface area contributed by atoms with Crippen LogP contribution in [0.15, 0.2) is 18.5 Å². The number of carboxylic acids is 1. The van der Waals surface area contributed by atoms with Crippen molar-refractivity contribution in [1.29, 1.82) is 0 Å². The Bertz CT molecular complexity index is 463. The molecule has 2 N–H and O–H groups in total. The molecule has 1 aliphatic rings. The molecule has 104 valence electrons. The van der Waals surface area contributed by atoms with Crippen LogP contribution in [0.4, 0.5) is 4.39 Å². The van der Waals surface area contributed by atoms with Crippen LogP contribution in [0, 0.1) is 5.82 Å². The molecule has 6 heteroatoms. The Morgan fingerprint density at radius 2 is 2.47 bits per heavy atom. The number of nitrogens with zero attached hydrogens (tertiary/aromatic N) is 1. The fraction of sp³-hybridized carbons (Fsp3) is 0.538. The minimum atomic E-state index is -1.37. The van der Waals surface area contributed by atoms with E-state index in [0.29, 0.717) is 13.2 Å². The van der Waals surface area contributed by atoms with E-state index in [-0.39, 0.29) is 11.7 Å². The highest BCUT2D eigenvalue weighted by Gasteiger charge is 2.36. The number of carboxylic acid groups (broad SMARTS) is 1. The van der Waals surface area contributed by atoms with Crippen molar-refractivity contribution in [1.82, 2.24) is 10.3 Å². The van der Waals surface area contributed by atoms with Crippen molar-refractivity contribution in [2.75, 3.05) is 13.2 Å². The predicted molar refractivity (Wildman–Crippen MR) is 66.2 cm³/mol. The molecule has 2 unspecified atom stereocenters. The molecular weight excluding hydrogens is 251 g/mol. The third-order valence-corrected chi connectivity index (χ3v) is 3.42. The summed E-state index contributed by atoms with van der Waals surface area (Å²) >= 11 is 0. The van der Waals surface area contributed by atoms with Gasteiger partial charge in [0.15, 0.2) is 0 Å². The van der Waals surface area contributed by atoms with E-state index in [4.69, 9.17) is 4.74 Å². The van der Waals surface area contributed by atoms with E-state index in [1.165, 1.54) is 19.2 Å². The van der Waals surface area contributed by atoms with Gasteiger partial charge in [-0.25, -0.2) is 9.18 Å². The first-order chi connectivity index (χ1) is 9.02. The van der Waals surface area contributed by atoms with E-state index >= 15 is 0 Å². The van der Waals surface area contributed by atoms with E-state index in [2.05, 4.69) is 10.3 Å². The van der Waals surface area contributed by atoms with Gasteiger partial charge in [-0.15, -0.1) is 0 Å². The maximum absolute atomic E-state index is 13.2. The van der Waals surface area contributed by atoms with Crippen molar-refractivity contribution in [3.8, 4) is 0 Å². The number of aliphatic carboxylic acids is 1. The number of nitrogens with one attached hydrogen (secondary N) is 1. The second-order valence-corrected chi connectivity index (χ2v) is 4.84. The highest BCUT2D eigenvalue weighted by atomic mass is 19.1. The third kappa shape index (κ3) is 3.08. The summed E-state index contributed by atoms with van der Waals surface area (Å²) < 4.78 is 18.6. The lowest BCUT2D eigenvalue weighted by Gasteiger charge is -2.28. The number of hydrogen-bond donors (Lipinski definition) is 2. The monoisotopic (exact) mass is 268 g/mol. The van der Waals surface area contributed by atoms with Crippen LogP contribution < -0.4 is 5.32 Å². The number of ether oxygens (including phenoxy) is 1. The van der Waals surface area contributed by atoms with Crippen molar-refractivity contribution >= 4 is 5.97 Å². The molecule has 1 aliphatic heterocycles. The number of hydrogen-bond acceptors (Lipinski definition) is 4. The highest BCUT2D eigenvalue weighted by Crippen LogP contribution is 2.22. The van der Waals surface area contributed by atoms with E-state index in [1.54, 1.807) is 0 Å². The average molecular weight is 268 g/mol. The first-order valence-electron chi connectivity index (χ1n) is 6.23. The quantitative estimate of drug-likeness (QED) is 0.842. The Morgan fingerprint density at radius 3 is 3.05 bits per heavy atom. The van der Waals surface area contributed by atoms with Gasteiger partial charge in [-0.3, -0.25) is 10.3 Å². The molecule has 0 aromatic carbocycles. The topological polar surface area (TPSA) is 71.5 Å². The molecule has 0 aliphatic carbocycles. The van der Waals surface area contributed by atoms with Crippen LogP contribution >= 0.6 is 0 Å². The molecule has 1 fully saturated rings. The summed E-state index contributed by atoms with van der Waals surface area (Å²) in [5.74, 6) is -1.62. The van der Waals surface area contributed by atoms with Crippen LogP contribution in [0.5, 0.6) is 0 Å². The standard InChI is InChI=1S/C13H17FN2O3/c1-13(12(17)18,9-5-10(14)7-15-6-9)16-8-11-3-2-4-19-11/h5-7,11,16H,2-4,8H2,1H3,(H,17,18). The van der Waals surface area contributed by atoms with Gasteiger partial charge < -0.3 is 9.84 Å². The Balaban J connectivity index is 2.14. The summed E-state index contributed by atoms with van der Waals surface area (Å²) in [6.45, 7) is 2.62. The summed E-state index contributed by atoms with van der Waals surface area (Å²) in [7, 11) is 0. The summed E-state index contributed by atoms with van der Waals surface area (Å²) in [4.78, 5) is 15.2. The fourth-order valence-corrected chi connectivity index (χ4v) is 2.11. The Hall–Kier alpha value is -1.53. The van der Waals surface area contributed by atoms with Gasteiger partial charge in [-0.1, -0.05) is 0 Å². The third-order valence-electron chi connectivity index (χ3n) is 3.42. The van der Waals surface area contributed by atoms with E-state index < -0.39 is 17.3 Å². The number of halogens is 1. The summed E-state index contributed by atoms with van der Waals surface area (Å²) in [6, 6.07) is 1.18. The van der Waals surface area contributed by atoms with E-state index in [9.17, 15) is 14.3 Å². The molecule has 1 aromatic heterocycles. The zero-order valence-corrected chi connectivity index (χ0v) is 10.7. The maximum Gasteiger partial charge on any atom is 0.328 e. The van der Waals surface area contributed by atoms with Crippen molar-refractivity contribution in [3.05, 3.63) is 29.8 Å². The number of aromatic nitrogens is 1. The van der Waals surface area contributed by atoms with Gasteiger partial charge >= 0.3 is 5.97 Å². The predicted octanol–water partition coefficient (Wildman–Crippen LogP) is 1.29. The second-order valence-electron chi connectivity index (χ2n) is 4.84. The summed E-state index contributed by atoms with van der Waals surface area (Å²) in [5.41, 5.74) is -1.08. The van der Waals surface area contributed by atoms with Gasteiger partial charge in [0, 0.05) is 24.9 Å². The van der Waals surface area contributed by atoms with Crippen LogP contribution in [-0.2, 0) is 15.1 Å². The van der Waals surface area contributed by atoms with Crippen molar-refractivity contribution in [2.24, 2.45) is 0 Å². The van der Waals surface area contributed by atoms with E-state index in [0.717, 1.165) is 19.0 Å². The van der Waals surface area contributed by atoms with Gasteiger partial charge in [0.25, 0.3) is 0 Å². The Labute approximate surface area is 110 Å². The molecule has 0 saturated carbocycles. The van der Waals surface area contributed by atoms with Crippen molar-refractivity contribution in [3.63, 3.8) is 0 Å². The largest absolute Gasteiger partial charge is 0.480 e. The molecule has 0 radical (unpaired) electrons. The number of pyridine rings is 1. The molecule has 1 saturated heterocycles. The van der Waals surface area contributed by atoms with Crippen LogP contribution in [0.1, 0.15) is 25.3 Å². The van der Waals surface area contributed by atoms with Gasteiger partial charge in [0.1, 0.15) is 11.4 Å². The molecule has 2 atom stereocenters. The molecule has 0 spiro atoms. The SMILES string of the molecule is CC(NCC1CCCO1)(C(=O)O)c1cncc(F)c1. The summed E-state index contributed by atoms with van der Waals surface area (Å²) in [5, 5.41) is 12.3. The zero-order valence-electron chi connectivity index (χ0n) is 10.7. The van der Waals surface area contributed by atoms with Crippen LogP contribution in [0.25, 0.3) is 0 Å².